The van der Waals surface area contributed by atoms with Crippen LogP contribution in [0.3, 0.4) is 0 Å². The van der Waals surface area contributed by atoms with Gasteiger partial charge in [-0.2, -0.15) is 0 Å². The predicted molar refractivity (Wildman–Crippen MR) is 84.0 cm³/mol. The summed E-state index contributed by atoms with van der Waals surface area (Å²) < 4.78 is 0.799. The second-order valence-corrected chi connectivity index (χ2v) is 5.34. The fourth-order valence-electron chi connectivity index (χ4n) is 1.69. The lowest BCUT2D eigenvalue weighted by molar-refractivity contribution is 0.318. The summed E-state index contributed by atoms with van der Waals surface area (Å²) in [6.07, 6.45) is 1.59. The summed E-state index contributed by atoms with van der Waals surface area (Å²) in [7, 11) is 1.89. The summed E-state index contributed by atoms with van der Waals surface area (Å²) in [6.45, 7) is 0. The van der Waals surface area contributed by atoms with Crippen molar-refractivity contribution in [3.63, 3.8) is 0 Å². The van der Waals surface area contributed by atoms with Crippen molar-refractivity contribution < 1.29 is 5.21 Å². The molecule has 0 aliphatic heterocycles. The van der Waals surface area contributed by atoms with Gasteiger partial charge in [0.15, 0.2) is 5.84 Å². The first-order valence-electron chi connectivity index (χ1n) is 5.65. The second-order valence-electron chi connectivity index (χ2n) is 4.05. The Morgan fingerprint density at radius 1 is 1.40 bits per heavy atom. The summed E-state index contributed by atoms with van der Waals surface area (Å²) in [5.74, 6) is 0.816. The molecule has 1 heterocycles. The molecule has 1 aromatic heterocycles. The molecule has 0 radical (unpaired) electrons. The molecule has 0 bridgehead atoms. The Kier molecular flexibility index (Phi) is 4.46. The third-order valence-corrected chi connectivity index (χ3v) is 3.55. The van der Waals surface area contributed by atoms with E-state index in [1.165, 1.54) is 0 Å². The highest BCUT2D eigenvalue weighted by Gasteiger charge is 2.10. The first-order chi connectivity index (χ1) is 9.52. The lowest BCUT2D eigenvalue weighted by atomic mass is 10.2. The Morgan fingerprint density at radius 2 is 2.05 bits per heavy atom. The molecule has 2 aromatic rings. The van der Waals surface area contributed by atoms with Crippen molar-refractivity contribution in [2.75, 3.05) is 11.9 Å². The van der Waals surface area contributed by atoms with Crippen LogP contribution < -0.4 is 10.6 Å². The molecule has 0 saturated heterocycles. The first kappa shape index (κ1) is 14.6. The van der Waals surface area contributed by atoms with Crippen molar-refractivity contribution in [2.45, 2.75) is 0 Å². The van der Waals surface area contributed by atoms with Gasteiger partial charge in [-0.05, 0) is 46.3 Å². The van der Waals surface area contributed by atoms with Crippen molar-refractivity contribution in [1.82, 2.24) is 4.98 Å². The summed E-state index contributed by atoms with van der Waals surface area (Å²) in [6, 6.07) is 9.03. The average molecular weight is 356 g/mol. The second kappa shape index (κ2) is 6.11. The largest absolute Gasteiger partial charge is 0.409 e. The van der Waals surface area contributed by atoms with E-state index in [0.717, 1.165) is 16.0 Å². The lowest BCUT2D eigenvalue weighted by Gasteiger charge is -2.20. The number of nitrogens with zero attached hydrogens (tertiary/aromatic N) is 3. The van der Waals surface area contributed by atoms with Crippen LogP contribution in [0.15, 0.2) is 46.2 Å². The number of rotatable bonds is 3. The van der Waals surface area contributed by atoms with Crippen molar-refractivity contribution >= 4 is 44.9 Å². The van der Waals surface area contributed by atoms with Gasteiger partial charge in [0.05, 0.1) is 9.50 Å². The van der Waals surface area contributed by atoms with E-state index in [0.29, 0.717) is 10.6 Å². The molecule has 3 N–H and O–H groups in total. The maximum Gasteiger partial charge on any atom is 0.170 e. The van der Waals surface area contributed by atoms with Crippen LogP contribution in [0.4, 0.5) is 11.5 Å². The van der Waals surface area contributed by atoms with Crippen molar-refractivity contribution in [1.29, 1.82) is 0 Å². The summed E-state index contributed by atoms with van der Waals surface area (Å²) in [4.78, 5) is 6.19. The number of hydrogen-bond acceptors (Lipinski definition) is 4. The van der Waals surface area contributed by atoms with Gasteiger partial charge < -0.3 is 15.8 Å². The minimum Gasteiger partial charge on any atom is -0.409 e. The zero-order valence-corrected chi connectivity index (χ0v) is 12.9. The van der Waals surface area contributed by atoms with E-state index in [-0.39, 0.29) is 5.84 Å². The quantitative estimate of drug-likeness (QED) is 0.383. The van der Waals surface area contributed by atoms with E-state index in [4.69, 9.17) is 22.5 Å². The fraction of sp³-hybridized carbons (Fsp3) is 0.0769. The summed E-state index contributed by atoms with van der Waals surface area (Å²) >= 11 is 9.31. The van der Waals surface area contributed by atoms with Crippen molar-refractivity contribution in [2.24, 2.45) is 10.9 Å². The molecule has 1 aromatic carbocycles. The number of oxime groups is 1. The maximum absolute atomic E-state index is 8.63. The zero-order valence-electron chi connectivity index (χ0n) is 10.6. The third-order valence-electron chi connectivity index (χ3n) is 2.76. The van der Waals surface area contributed by atoms with Crippen LogP contribution >= 0.6 is 27.5 Å². The molecule has 0 amide bonds. The molecule has 0 aliphatic rings. The van der Waals surface area contributed by atoms with Gasteiger partial charge in [-0.1, -0.05) is 16.8 Å². The Bertz CT molecular complexity index is 645. The lowest BCUT2D eigenvalue weighted by Crippen LogP contribution is -2.14. The Labute approximate surface area is 129 Å². The summed E-state index contributed by atoms with van der Waals surface area (Å²) in [5, 5.41) is 12.2. The normalized spacial score (nSPS) is 11.4. The minimum atomic E-state index is 0.0741. The monoisotopic (exact) mass is 354 g/mol. The first-order valence-corrected chi connectivity index (χ1v) is 6.82. The molecule has 104 valence electrons. The van der Waals surface area contributed by atoms with Gasteiger partial charge in [0, 0.05) is 24.5 Å². The molecule has 0 aliphatic carbocycles. The topological polar surface area (TPSA) is 74.7 Å². The van der Waals surface area contributed by atoms with Crippen LogP contribution in [0.25, 0.3) is 0 Å². The van der Waals surface area contributed by atoms with Crippen LogP contribution in [0.2, 0.25) is 5.02 Å². The molecule has 0 fully saturated rings. The number of aromatic nitrogens is 1. The fourth-order valence-corrected chi connectivity index (χ4v) is 2.59. The standard InChI is InChI=1S/C13H12BrClN4O/c1-19(13-11(14)6-9(15)7-17-13)10-4-2-8(3-5-10)12(16)18-20/h2-7,20H,1H3,(H2,16,18). The number of halogens is 2. The number of hydrogen-bond donors (Lipinski definition) is 2. The number of pyridine rings is 1. The van der Waals surface area contributed by atoms with Gasteiger partial charge >= 0.3 is 0 Å². The molecule has 7 heteroatoms. The molecule has 20 heavy (non-hydrogen) atoms. The number of anilines is 2. The molecule has 0 spiro atoms. The van der Waals surface area contributed by atoms with Gasteiger partial charge in [0.25, 0.3) is 0 Å². The van der Waals surface area contributed by atoms with Crippen LogP contribution in [0.5, 0.6) is 0 Å². The third kappa shape index (κ3) is 3.02. The van der Waals surface area contributed by atoms with E-state index in [1.807, 2.05) is 24.1 Å². The van der Waals surface area contributed by atoms with E-state index < -0.39 is 0 Å². The Morgan fingerprint density at radius 3 is 2.60 bits per heavy atom. The zero-order chi connectivity index (χ0) is 14.7. The molecule has 0 saturated carbocycles. The SMILES string of the molecule is CN(c1ccc(/C(N)=N/O)cc1)c1ncc(Cl)cc1Br. The van der Waals surface area contributed by atoms with Crippen LogP contribution in [-0.2, 0) is 0 Å². The van der Waals surface area contributed by atoms with E-state index >= 15 is 0 Å². The van der Waals surface area contributed by atoms with Gasteiger partial charge in [0.1, 0.15) is 5.82 Å². The van der Waals surface area contributed by atoms with Gasteiger partial charge in [-0.3, -0.25) is 0 Å². The van der Waals surface area contributed by atoms with E-state index in [1.54, 1.807) is 24.4 Å². The average Bonchev–Trinajstić information content (AvgIpc) is 2.46. The van der Waals surface area contributed by atoms with E-state index in [9.17, 15) is 0 Å². The molecule has 0 unspecified atom stereocenters. The predicted octanol–water partition coefficient (Wildman–Crippen LogP) is 3.36. The van der Waals surface area contributed by atoms with Crippen LogP contribution in [-0.4, -0.2) is 23.1 Å². The highest BCUT2D eigenvalue weighted by molar-refractivity contribution is 9.10. The minimum absolute atomic E-state index is 0.0741. The highest BCUT2D eigenvalue weighted by atomic mass is 79.9. The molecule has 2 rings (SSSR count). The molecular formula is C13H12BrClN4O. The van der Waals surface area contributed by atoms with Crippen molar-refractivity contribution in [3.8, 4) is 0 Å². The van der Waals surface area contributed by atoms with Gasteiger partial charge in [-0.15, -0.1) is 0 Å². The highest BCUT2D eigenvalue weighted by Crippen LogP contribution is 2.30. The van der Waals surface area contributed by atoms with Crippen molar-refractivity contribution in [3.05, 3.63) is 51.6 Å². The van der Waals surface area contributed by atoms with Crippen LogP contribution in [0, 0.1) is 0 Å². The molecule has 5 nitrogen and oxygen atoms in total. The number of benzene rings is 1. The number of amidine groups is 1. The smallest absolute Gasteiger partial charge is 0.170 e. The molecule has 0 atom stereocenters. The molecular weight excluding hydrogens is 344 g/mol. The van der Waals surface area contributed by atoms with E-state index in [2.05, 4.69) is 26.1 Å². The van der Waals surface area contributed by atoms with Crippen LogP contribution in [0.1, 0.15) is 5.56 Å². The van der Waals surface area contributed by atoms with Gasteiger partial charge in [0.2, 0.25) is 0 Å². The number of nitrogens with two attached hydrogens (primary N) is 1. The van der Waals surface area contributed by atoms with Gasteiger partial charge in [-0.25, -0.2) is 4.98 Å². The Balaban J connectivity index is 2.31. The summed E-state index contributed by atoms with van der Waals surface area (Å²) in [5.41, 5.74) is 7.08. The Hall–Kier alpha value is -1.79. The maximum atomic E-state index is 8.63.